The summed E-state index contributed by atoms with van der Waals surface area (Å²) in [6.07, 6.45) is 5.27. The standard InChI is InChI=1S/C17H17ClN4O/c1-21(17(23)15-9-14(18)10-20-15)12-16-19-7-8-22(16)11-13-5-3-2-4-6-13/h2-10,20H,11-12H2,1H3. The van der Waals surface area contributed by atoms with Gasteiger partial charge in [0.2, 0.25) is 0 Å². The van der Waals surface area contributed by atoms with E-state index in [9.17, 15) is 4.79 Å². The van der Waals surface area contributed by atoms with E-state index in [0.717, 1.165) is 12.4 Å². The molecule has 5 nitrogen and oxygen atoms in total. The minimum absolute atomic E-state index is 0.119. The van der Waals surface area contributed by atoms with Crippen LogP contribution < -0.4 is 0 Å². The Morgan fingerprint density at radius 1 is 1.35 bits per heavy atom. The van der Waals surface area contributed by atoms with E-state index >= 15 is 0 Å². The molecule has 118 valence electrons. The largest absolute Gasteiger partial charge is 0.356 e. The van der Waals surface area contributed by atoms with Crippen molar-refractivity contribution in [3.8, 4) is 0 Å². The first kappa shape index (κ1) is 15.4. The number of hydrogen-bond donors (Lipinski definition) is 1. The van der Waals surface area contributed by atoms with E-state index in [-0.39, 0.29) is 5.91 Å². The molecule has 1 N–H and O–H groups in total. The fourth-order valence-corrected chi connectivity index (χ4v) is 2.56. The molecule has 0 aliphatic carbocycles. The van der Waals surface area contributed by atoms with Crippen molar-refractivity contribution in [1.29, 1.82) is 0 Å². The highest BCUT2D eigenvalue weighted by Gasteiger charge is 2.16. The SMILES string of the molecule is CN(Cc1nccn1Cc1ccccc1)C(=O)c1cc(Cl)c[nH]1. The number of amides is 1. The molecule has 2 aromatic heterocycles. The monoisotopic (exact) mass is 328 g/mol. The number of rotatable bonds is 5. The van der Waals surface area contributed by atoms with Crippen molar-refractivity contribution in [1.82, 2.24) is 19.4 Å². The van der Waals surface area contributed by atoms with Crippen LogP contribution in [0.2, 0.25) is 5.02 Å². The number of carbonyl (C=O) groups is 1. The van der Waals surface area contributed by atoms with E-state index in [1.807, 2.05) is 29.0 Å². The van der Waals surface area contributed by atoms with Gasteiger partial charge in [0, 0.05) is 32.2 Å². The highest BCUT2D eigenvalue weighted by atomic mass is 35.5. The van der Waals surface area contributed by atoms with Crippen molar-refractivity contribution in [2.45, 2.75) is 13.1 Å². The molecule has 1 amide bonds. The van der Waals surface area contributed by atoms with Crippen molar-refractivity contribution in [3.63, 3.8) is 0 Å². The van der Waals surface area contributed by atoms with Gasteiger partial charge < -0.3 is 14.5 Å². The van der Waals surface area contributed by atoms with Crippen LogP contribution in [0.25, 0.3) is 0 Å². The number of H-pyrrole nitrogens is 1. The molecule has 23 heavy (non-hydrogen) atoms. The third kappa shape index (κ3) is 3.63. The number of benzene rings is 1. The Kier molecular flexibility index (Phi) is 4.48. The highest BCUT2D eigenvalue weighted by molar-refractivity contribution is 6.30. The second kappa shape index (κ2) is 6.71. The zero-order chi connectivity index (χ0) is 16.2. The van der Waals surface area contributed by atoms with Crippen molar-refractivity contribution in [3.05, 3.63) is 77.1 Å². The fourth-order valence-electron chi connectivity index (χ4n) is 2.40. The number of aromatic nitrogens is 3. The summed E-state index contributed by atoms with van der Waals surface area (Å²) < 4.78 is 2.04. The molecule has 0 aliphatic rings. The van der Waals surface area contributed by atoms with Gasteiger partial charge >= 0.3 is 0 Å². The molecule has 1 aromatic carbocycles. The first-order chi connectivity index (χ1) is 11.1. The normalized spacial score (nSPS) is 10.7. The van der Waals surface area contributed by atoms with E-state index in [1.54, 1.807) is 30.4 Å². The van der Waals surface area contributed by atoms with E-state index < -0.39 is 0 Å². The number of hydrogen-bond acceptors (Lipinski definition) is 2. The highest BCUT2D eigenvalue weighted by Crippen LogP contribution is 2.13. The Morgan fingerprint density at radius 2 is 2.13 bits per heavy atom. The Hall–Kier alpha value is -2.53. The molecule has 0 unspecified atom stereocenters. The molecule has 0 fully saturated rings. The third-order valence-electron chi connectivity index (χ3n) is 3.60. The first-order valence-corrected chi connectivity index (χ1v) is 7.64. The van der Waals surface area contributed by atoms with E-state index in [2.05, 4.69) is 22.1 Å². The van der Waals surface area contributed by atoms with E-state index in [1.165, 1.54) is 5.56 Å². The minimum atomic E-state index is -0.119. The molecule has 0 atom stereocenters. The second-order valence-electron chi connectivity index (χ2n) is 5.35. The average molecular weight is 329 g/mol. The van der Waals surface area contributed by atoms with Gasteiger partial charge in [-0.25, -0.2) is 4.98 Å². The molecular formula is C17H17ClN4O. The van der Waals surface area contributed by atoms with Gasteiger partial charge in [-0.1, -0.05) is 41.9 Å². The predicted molar refractivity (Wildman–Crippen MR) is 89.4 cm³/mol. The topological polar surface area (TPSA) is 53.9 Å². The third-order valence-corrected chi connectivity index (χ3v) is 3.82. The molecule has 6 heteroatoms. The minimum Gasteiger partial charge on any atom is -0.356 e. The zero-order valence-corrected chi connectivity index (χ0v) is 13.5. The summed E-state index contributed by atoms with van der Waals surface area (Å²) >= 11 is 5.85. The number of nitrogens with zero attached hydrogens (tertiary/aromatic N) is 3. The summed E-state index contributed by atoms with van der Waals surface area (Å²) in [4.78, 5) is 21.2. The second-order valence-corrected chi connectivity index (χ2v) is 5.79. The summed E-state index contributed by atoms with van der Waals surface area (Å²) in [6, 6.07) is 11.8. The molecule has 0 spiro atoms. The lowest BCUT2D eigenvalue weighted by Crippen LogP contribution is -2.28. The maximum absolute atomic E-state index is 12.4. The molecular weight excluding hydrogens is 312 g/mol. The van der Waals surface area contributed by atoms with Gasteiger partial charge in [-0.3, -0.25) is 4.79 Å². The number of halogens is 1. The molecule has 3 aromatic rings. The van der Waals surface area contributed by atoms with Crippen LogP contribution in [0.1, 0.15) is 21.9 Å². The molecule has 0 saturated heterocycles. The van der Waals surface area contributed by atoms with Crippen molar-refractivity contribution >= 4 is 17.5 Å². The lowest BCUT2D eigenvalue weighted by atomic mass is 10.2. The van der Waals surface area contributed by atoms with E-state index in [0.29, 0.717) is 17.3 Å². The van der Waals surface area contributed by atoms with E-state index in [4.69, 9.17) is 11.6 Å². The number of imidazole rings is 1. The summed E-state index contributed by atoms with van der Waals surface area (Å²) in [6.45, 7) is 1.15. The molecule has 0 aliphatic heterocycles. The Balaban J connectivity index is 1.71. The zero-order valence-electron chi connectivity index (χ0n) is 12.7. The number of aromatic amines is 1. The van der Waals surface area contributed by atoms with Gasteiger partial charge in [0.05, 0.1) is 11.6 Å². The fraction of sp³-hybridized carbons (Fsp3) is 0.176. The predicted octanol–water partition coefficient (Wildman–Crippen LogP) is 3.19. The lowest BCUT2D eigenvalue weighted by molar-refractivity contribution is 0.0775. The Labute approximate surface area is 139 Å². The first-order valence-electron chi connectivity index (χ1n) is 7.27. The van der Waals surface area contributed by atoms with Gasteiger partial charge in [0.15, 0.2) is 0 Å². The van der Waals surface area contributed by atoms with Crippen LogP contribution >= 0.6 is 11.6 Å². The van der Waals surface area contributed by atoms with Crippen molar-refractivity contribution in [2.75, 3.05) is 7.05 Å². The summed E-state index contributed by atoms with van der Waals surface area (Å²) in [7, 11) is 1.75. The maximum atomic E-state index is 12.4. The van der Waals surface area contributed by atoms with Gasteiger partial charge in [-0.2, -0.15) is 0 Å². The van der Waals surface area contributed by atoms with Gasteiger partial charge in [-0.15, -0.1) is 0 Å². The molecule has 3 rings (SSSR count). The lowest BCUT2D eigenvalue weighted by Gasteiger charge is -2.17. The van der Waals surface area contributed by atoms with Crippen LogP contribution in [0.15, 0.2) is 55.0 Å². The van der Waals surface area contributed by atoms with Crippen LogP contribution in [0, 0.1) is 0 Å². The molecule has 0 saturated carbocycles. The van der Waals surface area contributed by atoms with Crippen LogP contribution in [-0.2, 0) is 13.1 Å². The summed E-state index contributed by atoms with van der Waals surface area (Å²) in [5.41, 5.74) is 1.66. The van der Waals surface area contributed by atoms with Crippen molar-refractivity contribution in [2.24, 2.45) is 0 Å². The van der Waals surface area contributed by atoms with Crippen molar-refractivity contribution < 1.29 is 4.79 Å². The van der Waals surface area contributed by atoms with Gasteiger partial charge in [-0.05, 0) is 11.6 Å². The van der Waals surface area contributed by atoms with Crippen LogP contribution in [0.5, 0.6) is 0 Å². The number of carbonyl (C=O) groups excluding carboxylic acids is 1. The molecule has 2 heterocycles. The maximum Gasteiger partial charge on any atom is 0.270 e. The van der Waals surface area contributed by atoms with Crippen LogP contribution in [-0.4, -0.2) is 32.4 Å². The van der Waals surface area contributed by atoms with Gasteiger partial charge in [0.25, 0.3) is 5.91 Å². The van der Waals surface area contributed by atoms with Gasteiger partial charge in [0.1, 0.15) is 11.5 Å². The average Bonchev–Trinajstić information content (AvgIpc) is 3.17. The molecule has 0 bridgehead atoms. The Bertz CT molecular complexity index is 794. The van der Waals surface area contributed by atoms with Crippen LogP contribution in [0.4, 0.5) is 0 Å². The Morgan fingerprint density at radius 3 is 2.83 bits per heavy atom. The number of nitrogens with one attached hydrogen (secondary N) is 1. The summed E-state index contributed by atoms with van der Waals surface area (Å²) in [5.74, 6) is 0.716. The quantitative estimate of drug-likeness (QED) is 0.782. The smallest absolute Gasteiger partial charge is 0.270 e. The van der Waals surface area contributed by atoms with Crippen LogP contribution in [0.3, 0.4) is 0 Å². The summed E-state index contributed by atoms with van der Waals surface area (Å²) in [5, 5.41) is 0.521. The molecule has 0 radical (unpaired) electrons.